The van der Waals surface area contributed by atoms with E-state index < -0.39 is 0 Å². The molecule has 16 nitrogen and oxygen atoms in total. The number of aryl methyl sites for hydroxylation is 2. The van der Waals surface area contributed by atoms with E-state index in [1.54, 1.807) is 12.4 Å². The molecule has 0 saturated carbocycles. The molecule has 4 aromatic heterocycles. The monoisotopic (exact) mass is 824 g/mol. The Bertz CT molecular complexity index is 1940. The molecule has 2 fully saturated rings. The number of piperidine rings is 2. The Hall–Kier alpha value is -5.74. The highest BCUT2D eigenvalue weighted by molar-refractivity contribution is 5.99. The molecule has 60 heavy (non-hydrogen) atoms. The Kier molecular flexibility index (Phi) is 13.8. The first kappa shape index (κ1) is 42.4. The van der Waals surface area contributed by atoms with E-state index >= 15 is 0 Å². The molecule has 320 valence electrons. The number of carbonyl (C=O) groups is 2. The lowest BCUT2D eigenvalue weighted by Gasteiger charge is -2.34. The summed E-state index contributed by atoms with van der Waals surface area (Å²) in [4.78, 5) is 47.0. The fraction of sp³-hybridized carbons (Fsp3) is 0.500. The highest BCUT2D eigenvalue weighted by Crippen LogP contribution is 2.34. The minimum Gasteiger partial charge on any atom is -0.489 e. The SMILES string of the molecule is CCOc1ccc(OC2CCN(c3nc4c(cc3C)C(=O)N[C@@H]4CCO)CC2)cn1.CCOc1ccc(OC2CCN(c3nc4c(cc3C)C(=O)N[C@H]4CCO)CC2)cn1. The molecular weight excluding hydrogens is 769 g/mol. The summed E-state index contributed by atoms with van der Waals surface area (Å²) in [6.07, 6.45) is 8.11. The molecule has 2 atom stereocenters. The van der Waals surface area contributed by atoms with Crippen LogP contribution in [0, 0.1) is 13.8 Å². The number of amides is 2. The van der Waals surface area contributed by atoms with Crippen molar-refractivity contribution in [3.8, 4) is 23.3 Å². The van der Waals surface area contributed by atoms with Crippen molar-refractivity contribution in [1.29, 1.82) is 0 Å². The molecule has 8 heterocycles. The Labute approximate surface area is 350 Å². The Balaban J connectivity index is 0.000000181. The van der Waals surface area contributed by atoms with Crippen molar-refractivity contribution in [1.82, 2.24) is 30.6 Å². The first-order chi connectivity index (χ1) is 29.2. The second-order valence-corrected chi connectivity index (χ2v) is 15.3. The summed E-state index contributed by atoms with van der Waals surface area (Å²) in [5.41, 5.74) is 4.71. The number of aliphatic hydroxyl groups is 2. The van der Waals surface area contributed by atoms with Crippen molar-refractivity contribution < 1.29 is 38.7 Å². The summed E-state index contributed by atoms with van der Waals surface area (Å²) in [6.45, 7) is 12.4. The van der Waals surface area contributed by atoms with Crippen molar-refractivity contribution in [2.75, 3.05) is 62.4 Å². The van der Waals surface area contributed by atoms with Crippen LogP contribution in [0.1, 0.15) is 108 Å². The average molecular weight is 825 g/mol. The Morgan fingerprint density at radius 1 is 0.650 bits per heavy atom. The molecule has 4 aliphatic rings. The van der Waals surface area contributed by atoms with Crippen LogP contribution in [0.15, 0.2) is 48.8 Å². The zero-order valence-electron chi connectivity index (χ0n) is 34.9. The predicted octanol–water partition coefficient (Wildman–Crippen LogP) is 4.80. The number of aliphatic hydroxyl groups excluding tert-OH is 2. The highest BCUT2D eigenvalue weighted by Gasteiger charge is 2.34. The van der Waals surface area contributed by atoms with Gasteiger partial charge in [0.05, 0.1) is 60.2 Å². The third kappa shape index (κ3) is 9.82. The molecule has 0 spiro atoms. The number of hydrogen-bond acceptors (Lipinski definition) is 14. The van der Waals surface area contributed by atoms with Gasteiger partial charge < -0.3 is 49.6 Å². The third-order valence-electron chi connectivity index (χ3n) is 11.1. The molecule has 4 N–H and O–H groups in total. The van der Waals surface area contributed by atoms with Crippen LogP contribution < -0.4 is 39.4 Å². The van der Waals surface area contributed by atoms with Gasteiger partial charge in [-0.15, -0.1) is 0 Å². The van der Waals surface area contributed by atoms with Gasteiger partial charge >= 0.3 is 0 Å². The molecule has 16 heteroatoms. The number of nitrogens with zero attached hydrogens (tertiary/aromatic N) is 6. The number of rotatable bonds is 14. The summed E-state index contributed by atoms with van der Waals surface area (Å²) < 4.78 is 22.9. The van der Waals surface area contributed by atoms with Crippen molar-refractivity contribution in [2.45, 2.75) is 90.5 Å². The quantitative estimate of drug-likeness (QED) is 0.136. The van der Waals surface area contributed by atoms with Crippen molar-refractivity contribution >= 4 is 23.5 Å². The lowest BCUT2D eigenvalue weighted by Crippen LogP contribution is -2.39. The van der Waals surface area contributed by atoms with E-state index in [1.807, 2.05) is 64.1 Å². The van der Waals surface area contributed by atoms with Gasteiger partial charge in [-0.25, -0.2) is 19.9 Å². The van der Waals surface area contributed by atoms with Gasteiger partial charge in [0.2, 0.25) is 11.8 Å². The number of nitrogens with one attached hydrogen (secondary N) is 2. The molecule has 8 rings (SSSR count). The predicted molar refractivity (Wildman–Crippen MR) is 224 cm³/mol. The van der Waals surface area contributed by atoms with Gasteiger partial charge in [-0.3, -0.25) is 9.59 Å². The smallest absolute Gasteiger partial charge is 0.253 e. The van der Waals surface area contributed by atoms with E-state index in [2.05, 4.69) is 30.4 Å². The van der Waals surface area contributed by atoms with E-state index in [0.29, 0.717) is 48.9 Å². The molecule has 2 amide bonds. The van der Waals surface area contributed by atoms with Gasteiger partial charge in [0.25, 0.3) is 11.8 Å². The van der Waals surface area contributed by atoms with Crippen LogP contribution in [0.25, 0.3) is 0 Å². The topological polar surface area (TPSA) is 194 Å². The molecule has 4 aliphatic heterocycles. The standard InChI is InChI=1S/2C22H28N4O4/c2*1-3-29-19-5-4-16(13-23-19)30-15-6-9-26(10-7-15)21-14(2)12-17-20(25-21)18(8-11-27)24-22(17)28/h2*4-5,12-13,15,18,27H,3,6-11H2,1-2H3,(H,24,28)/t2*18-/m10/s1. The molecule has 4 aromatic rings. The van der Waals surface area contributed by atoms with E-state index in [9.17, 15) is 19.8 Å². The van der Waals surface area contributed by atoms with Gasteiger partial charge in [-0.2, -0.15) is 0 Å². The number of hydrogen-bond donors (Lipinski definition) is 4. The van der Waals surface area contributed by atoms with Crippen LogP contribution in [0.2, 0.25) is 0 Å². The van der Waals surface area contributed by atoms with Crippen LogP contribution >= 0.6 is 0 Å². The lowest BCUT2D eigenvalue weighted by atomic mass is 10.0. The van der Waals surface area contributed by atoms with Gasteiger partial charge in [0, 0.05) is 77.2 Å². The minimum absolute atomic E-state index is 0.0123. The Morgan fingerprint density at radius 2 is 1.05 bits per heavy atom. The summed E-state index contributed by atoms with van der Waals surface area (Å²) in [5, 5.41) is 24.4. The highest BCUT2D eigenvalue weighted by atomic mass is 16.5. The van der Waals surface area contributed by atoms with E-state index in [0.717, 1.165) is 97.5 Å². The van der Waals surface area contributed by atoms with Crippen LogP contribution in [0.5, 0.6) is 23.3 Å². The largest absolute Gasteiger partial charge is 0.489 e. The first-order valence-electron chi connectivity index (χ1n) is 21.0. The number of aromatic nitrogens is 4. The van der Waals surface area contributed by atoms with Crippen LogP contribution in [0.3, 0.4) is 0 Å². The number of carbonyl (C=O) groups excluding carboxylic acids is 2. The van der Waals surface area contributed by atoms with Crippen molar-refractivity contribution in [3.05, 3.63) is 82.4 Å². The van der Waals surface area contributed by atoms with E-state index in [-0.39, 0.29) is 49.3 Å². The van der Waals surface area contributed by atoms with Crippen LogP contribution in [-0.4, -0.2) is 107 Å². The summed E-state index contributed by atoms with van der Waals surface area (Å²) in [5.74, 6) is 4.31. The number of anilines is 2. The minimum atomic E-state index is -0.218. The summed E-state index contributed by atoms with van der Waals surface area (Å²) in [7, 11) is 0. The second kappa shape index (κ2) is 19.5. The maximum atomic E-state index is 12.2. The van der Waals surface area contributed by atoms with Gasteiger partial charge in [-0.05, 0) is 75.9 Å². The molecular formula is C44H56N8O8. The van der Waals surface area contributed by atoms with Crippen molar-refractivity contribution in [2.24, 2.45) is 0 Å². The average Bonchev–Trinajstić information content (AvgIpc) is 3.72. The van der Waals surface area contributed by atoms with E-state index in [1.165, 1.54) is 0 Å². The first-order valence-corrected chi connectivity index (χ1v) is 21.0. The summed E-state index contributed by atoms with van der Waals surface area (Å²) in [6, 6.07) is 10.8. The van der Waals surface area contributed by atoms with Crippen LogP contribution in [0.4, 0.5) is 11.6 Å². The number of ether oxygens (including phenoxy) is 4. The van der Waals surface area contributed by atoms with E-state index in [4.69, 9.17) is 28.9 Å². The molecule has 0 unspecified atom stereocenters. The molecule has 0 aliphatic carbocycles. The fourth-order valence-electron chi connectivity index (χ4n) is 8.15. The second-order valence-electron chi connectivity index (χ2n) is 15.3. The Morgan fingerprint density at radius 3 is 1.38 bits per heavy atom. The molecule has 0 bridgehead atoms. The zero-order valence-corrected chi connectivity index (χ0v) is 34.9. The maximum Gasteiger partial charge on any atom is 0.253 e. The molecule has 0 aromatic carbocycles. The zero-order chi connectivity index (χ0) is 42.2. The van der Waals surface area contributed by atoms with Crippen LogP contribution in [-0.2, 0) is 0 Å². The summed E-state index contributed by atoms with van der Waals surface area (Å²) >= 11 is 0. The molecule has 0 radical (unpaired) electrons. The number of pyridine rings is 4. The van der Waals surface area contributed by atoms with Gasteiger partial charge in [-0.1, -0.05) is 0 Å². The van der Waals surface area contributed by atoms with Gasteiger partial charge in [0.15, 0.2) is 0 Å². The van der Waals surface area contributed by atoms with Gasteiger partial charge in [0.1, 0.15) is 35.3 Å². The van der Waals surface area contributed by atoms with Crippen molar-refractivity contribution in [3.63, 3.8) is 0 Å². The lowest BCUT2D eigenvalue weighted by molar-refractivity contribution is 0.0943. The third-order valence-corrected chi connectivity index (χ3v) is 11.1. The fourth-order valence-corrected chi connectivity index (χ4v) is 8.15. The normalized spacial score (nSPS) is 18.8. The maximum absolute atomic E-state index is 12.2. The number of fused-ring (bicyclic) bond motifs is 2. The molecule has 2 saturated heterocycles.